The molecule has 0 spiro atoms. The zero-order valence-electron chi connectivity index (χ0n) is 11.6. The van der Waals surface area contributed by atoms with Crippen LogP contribution in [0.1, 0.15) is 25.0 Å². The first-order chi connectivity index (χ1) is 9.24. The Morgan fingerprint density at radius 1 is 0.895 bits per heavy atom. The maximum absolute atomic E-state index is 3.45. The molecule has 0 unspecified atom stereocenters. The van der Waals surface area contributed by atoms with Crippen molar-refractivity contribution >= 4 is 17.4 Å². The van der Waals surface area contributed by atoms with Crippen molar-refractivity contribution in [1.29, 1.82) is 0 Å². The lowest BCUT2D eigenvalue weighted by atomic mass is 10.2. The fourth-order valence-electron chi connectivity index (χ4n) is 1.78. The topological polar surface area (TPSA) is 12.0 Å². The van der Waals surface area contributed by atoms with Gasteiger partial charge in [0.15, 0.2) is 0 Å². The Morgan fingerprint density at radius 3 is 2.21 bits per heavy atom. The summed E-state index contributed by atoms with van der Waals surface area (Å²) in [5, 5.41) is 4.14. The second kappa shape index (κ2) is 7.25. The van der Waals surface area contributed by atoms with Gasteiger partial charge in [-0.15, -0.1) is 0 Å². The normalized spacial score (nSPS) is 10.7. The molecule has 0 aliphatic heterocycles. The van der Waals surface area contributed by atoms with Gasteiger partial charge in [-0.1, -0.05) is 56.3 Å². The summed E-state index contributed by atoms with van der Waals surface area (Å²) in [4.78, 5) is 0. The lowest BCUT2D eigenvalue weighted by Gasteiger charge is -2.08. The molecular weight excluding hydrogens is 250 g/mol. The minimum Gasteiger partial charge on any atom is -0.381 e. The van der Waals surface area contributed by atoms with Crippen molar-refractivity contribution in [2.75, 3.05) is 5.32 Å². The quantitative estimate of drug-likeness (QED) is 0.798. The van der Waals surface area contributed by atoms with Crippen molar-refractivity contribution < 1.29 is 0 Å². The van der Waals surface area contributed by atoms with E-state index in [1.165, 1.54) is 16.8 Å². The van der Waals surface area contributed by atoms with Gasteiger partial charge in [0, 0.05) is 18.0 Å². The van der Waals surface area contributed by atoms with Crippen LogP contribution in [0.3, 0.4) is 0 Å². The molecule has 0 atom stereocenters. The summed E-state index contributed by atoms with van der Waals surface area (Å²) in [5.74, 6) is 1.09. The number of nitrogens with one attached hydrogen (secondary N) is 1. The molecule has 0 aromatic heterocycles. The summed E-state index contributed by atoms with van der Waals surface area (Å²) in [5.41, 5.74) is 3.88. The van der Waals surface area contributed by atoms with Crippen molar-refractivity contribution in [1.82, 2.24) is 0 Å². The van der Waals surface area contributed by atoms with E-state index in [0.717, 1.165) is 12.3 Å². The molecule has 1 nitrogen and oxygen atoms in total. The van der Waals surface area contributed by atoms with Gasteiger partial charge in [-0.3, -0.25) is 0 Å². The molecule has 19 heavy (non-hydrogen) atoms. The number of benzene rings is 2. The first-order valence-electron chi connectivity index (χ1n) is 6.72. The molecule has 0 amide bonds. The third-order valence-electron chi connectivity index (χ3n) is 2.88. The number of thioether (sulfide) groups is 1. The molecule has 0 saturated carbocycles. The molecule has 100 valence electrons. The van der Waals surface area contributed by atoms with Gasteiger partial charge in [-0.2, -0.15) is 11.8 Å². The first kappa shape index (κ1) is 14.0. The summed E-state index contributed by atoms with van der Waals surface area (Å²) in [7, 11) is 0. The number of hydrogen-bond acceptors (Lipinski definition) is 2. The Kier molecular flexibility index (Phi) is 5.34. The standard InChI is InChI=1S/C17H21NS/c1-14(2)19-13-16-8-10-17(11-9-16)18-12-15-6-4-3-5-7-15/h3-11,14,18H,12-13H2,1-2H3. The van der Waals surface area contributed by atoms with Gasteiger partial charge in [0.1, 0.15) is 0 Å². The van der Waals surface area contributed by atoms with Crippen LogP contribution < -0.4 is 5.32 Å². The van der Waals surface area contributed by atoms with E-state index in [1.807, 2.05) is 17.8 Å². The molecule has 2 rings (SSSR count). The second-order valence-corrected chi connectivity index (χ2v) is 6.46. The third kappa shape index (κ3) is 4.99. The zero-order valence-corrected chi connectivity index (χ0v) is 12.4. The fraction of sp³-hybridized carbons (Fsp3) is 0.294. The van der Waals surface area contributed by atoms with Crippen LogP contribution in [0, 0.1) is 0 Å². The van der Waals surface area contributed by atoms with Gasteiger partial charge in [0.05, 0.1) is 0 Å². The van der Waals surface area contributed by atoms with E-state index in [-0.39, 0.29) is 0 Å². The highest BCUT2D eigenvalue weighted by Gasteiger charge is 1.98. The summed E-state index contributed by atoms with van der Waals surface area (Å²) in [6, 6.07) is 19.2. The smallest absolute Gasteiger partial charge is 0.0400 e. The highest BCUT2D eigenvalue weighted by molar-refractivity contribution is 7.99. The summed E-state index contributed by atoms with van der Waals surface area (Å²) >= 11 is 1.98. The highest BCUT2D eigenvalue weighted by atomic mass is 32.2. The van der Waals surface area contributed by atoms with E-state index < -0.39 is 0 Å². The summed E-state index contributed by atoms with van der Waals surface area (Å²) in [6.45, 7) is 5.35. The average molecular weight is 271 g/mol. The zero-order chi connectivity index (χ0) is 13.5. The van der Waals surface area contributed by atoms with E-state index in [2.05, 4.69) is 67.7 Å². The van der Waals surface area contributed by atoms with Gasteiger partial charge < -0.3 is 5.32 Å². The van der Waals surface area contributed by atoms with Crippen LogP contribution in [-0.4, -0.2) is 5.25 Å². The van der Waals surface area contributed by atoms with Crippen LogP contribution in [0.25, 0.3) is 0 Å². The Hall–Kier alpha value is -1.41. The van der Waals surface area contributed by atoms with E-state index in [1.54, 1.807) is 0 Å². The van der Waals surface area contributed by atoms with Gasteiger partial charge in [0.25, 0.3) is 0 Å². The molecule has 2 aromatic carbocycles. The van der Waals surface area contributed by atoms with Crippen LogP contribution in [-0.2, 0) is 12.3 Å². The monoisotopic (exact) mass is 271 g/mol. The number of anilines is 1. The molecule has 2 aromatic rings. The average Bonchev–Trinajstić information content (AvgIpc) is 2.45. The number of hydrogen-bond donors (Lipinski definition) is 1. The summed E-state index contributed by atoms with van der Waals surface area (Å²) in [6.07, 6.45) is 0. The van der Waals surface area contributed by atoms with Crippen molar-refractivity contribution in [3.8, 4) is 0 Å². The predicted octanol–water partition coefficient (Wildman–Crippen LogP) is 4.94. The lowest BCUT2D eigenvalue weighted by Crippen LogP contribution is -1.99. The Bertz CT molecular complexity index is 476. The molecule has 0 aliphatic carbocycles. The predicted molar refractivity (Wildman–Crippen MR) is 86.6 cm³/mol. The van der Waals surface area contributed by atoms with E-state index in [0.29, 0.717) is 5.25 Å². The molecular formula is C17H21NS. The maximum atomic E-state index is 3.45. The molecule has 0 fully saturated rings. The molecule has 0 heterocycles. The second-order valence-electron chi connectivity index (χ2n) is 4.90. The van der Waals surface area contributed by atoms with Gasteiger partial charge in [-0.05, 0) is 28.5 Å². The minimum absolute atomic E-state index is 0.691. The Morgan fingerprint density at radius 2 is 1.58 bits per heavy atom. The van der Waals surface area contributed by atoms with Crippen LogP contribution in [0.2, 0.25) is 0 Å². The third-order valence-corrected chi connectivity index (χ3v) is 4.04. The molecule has 0 radical (unpaired) electrons. The molecule has 1 N–H and O–H groups in total. The van der Waals surface area contributed by atoms with Gasteiger partial charge >= 0.3 is 0 Å². The molecule has 2 heteroatoms. The van der Waals surface area contributed by atoms with E-state index in [9.17, 15) is 0 Å². The first-order valence-corrected chi connectivity index (χ1v) is 7.77. The Balaban J connectivity index is 1.85. The number of rotatable bonds is 6. The summed E-state index contributed by atoms with van der Waals surface area (Å²) < 4.78 is 0. The molecule has 0 bridgehead atoms. The van der Waals surface area contributed by atoms with Crippen molar-refractivity contribution in [3.05, 3.63) is 65.7 Å². The largest absolute Gasteiger partial charge is 0.381 e. The van der Waals surface area contributed by atoms with Crippen molar-refractivity contribution in [3.63, 3.8) is 0 Å². The van der Waals surface area contributed by atoms with Crippen LogP contribution in [0.15, 0.2) is 54.6 Å². The Labute approximate surface area is 120 Å². The van der Waals surface area contributed by atoms with Crippen LogP contribution in [0.5, 0.6) is 0 Å². The lowest BCUT2D eigenvalue weighted by molar-refractivity contribution is 1.11. The van der Waals surface area contributed by atoms with Crippen molar-refractivity contribution in [2.24, 2.45) is 0 Å². The molecule has 0 saturated heterocycles. The van der Waals surface area contributed by atoms with Gasteiger partial charge in [0.2, 0.25) is 0 Å². The van der Waals surface area contributed by atoms with Gasteiger partial charge in [-0.25, -0.2) is 0 Å². The molecule has 0 aliphatic rings. The van der Waals surface area contributed by atoms with Crippen molar-refractivity contribution in [2.45, 2.75) is 31.4 Å². The highest BCUT2D eigenvalue weighted by Crippen LogP contribution is 2.19. The SMILES string of the molecule is CC(C)SCc1ccc(NCc2ccccc2)cc1. The van der Waals surface area contributed by atoms with E-state index in [4.69, 9.17) is 0 Å². The fourth-order valence-corrected chi connectivity index (χ4v) is 2.50. The van der Waals surface area contributed by atoms with Crippen LogP contribution >= 0.6 is 11.8 Å². The van der Waals surface area contributed by atoms with Crippen LogP contribution in [0.4, 0.5) is 5.69 Å². The van der Waals surface area contributed by atoms with E-state index >= 15 is 0 Å². The minimum atomic E-state index is 0.691. The maximum Gasteiger partial charge on any atom is 0.0400 e.